The molecule has 0 N–H and O–H groups in total. The van der Waals surface area contributed by atoms with Crippen LogP contribution >= 0.6 is 0 Å². The molecule has 0 unspecified atom stereocenters. The summed E-state index contributed by atoms with van der Waals surface area (Å²) in [6.45, 7) is 0.606. The minimum absolute atomic E-state index is 0.347. The molecule has 0 bridgehead atoms. The van der Waals surface area contributed by atoms with Gasteiger partial charge in [0.05, 0.1) is 11.5 Å². The number of rotatable bonds is 5. The molecule has 0 radical (unpaired) electrons. The fourth-order valence-corrected chi connectivity index (χ4v) is 3.52. The molecule has 0 amide bonds. The Balaban J connectivity index is 1.88. The van der Waals surface area contributed by atoms with Gasteiger partial charge >= 0.3 is 0 Å². The van der Waals surface area contributed by atoms with Gasteiger partial charge in [-0.05, 0) is 46.4 Å². The maximum Gasteiger partial charge on any atom is 0.175 e. The summed E-state index contributed by atoms with van der Waals surface area (Å²) in [5.41, 5.74) is 5.67. The van der Waals surface area contributed by atoms with Crippen LogP contribution in [-0.4, -0.2) is 21.8 Å². The van der Waals surface area contributed by atoms with Crippen LogP contribution in [0, 0.1) is 0 Å². The van der Waals surface area contributed by atoms with Crippen molar-refractivity contribution in [2.75, 3.05) is 13.4 Å². The van der Waals surface area contributed by atoms with E-state index in [-0.39, 0.29) is 0 Å². The molecule has 0 aliphatic heterocycles. The van der Waals surface area contributed by atoms with Gasteiger partial charge in [0.15, 0.2) is 9.84 Å². The Bertz CT molecular complexity index is 887. The highest BCUT2D eigenvalue weighted by Gasteiger charge is 2.15. The average Bonchev–Trinajstić information content (AvgIpc) is 3.05. The third kappa shape index (κ3) is 3.50. The predicted octanol–water partition coefficient (Wildman–Crippen LogP) is 4.11. The zero-order valence-electron chi connectivity index (χ0n) is 13.8. The van der Waals surface area contributed by atoms with E-state index in [9.17, 15) is 8.42 Å². The second-order valence-electron chi connectivity index (χ2n) is 5.90. The maximum absolute atomic E-state index is 11.6. The smallest absolute Gasteiger partial charge is 0.175 e. The van der Waals surface area contributed by atoms with Crippen molar-refractivity contribution in [3.63, 3.8) is 0 Å². The van der Waals surface area contributed by atoms with Crippen LogP contribution in [0.25, 0.3) is 11.1 Å². The summed E-state index contributed by atoms with van der Waals surface area (Å²) >= 11 is 0. The molecule has 0 spiro atoms. The summed E-state index contributed by atoms with van der Waals surface area (Å²) in [7, 11) is -1.48. The molecule has 2 aromatic carbocycles. The minimum atomic E-state index is -3.16. The van der Waals surface area contributed by atoms with Gasteiger partial charge in [-0.3, -0.25) is 0 Å². The molecule has 124 valence electrons. The molecule has 1 aliphatic carbocycles. The van der Waals surface area contributed by atoms with Crippen molar-refractivity contribution in [1.29, 1.82) is 0 Å². The van der Waals surface area contributed by atoms with Crippen molar-refractivity contribution in [3.05, 3.63) is 77.4 Å². The quantitative estimate of drug-likeness (QED) is 0.823. The van der Waals surface area contributed by atoms with E-state index >= 15 is 0 Å². The van der Waals surface area contributed by atoms with Crippen molar-refractivity contribution in [2.24, 2.45) is 0 Å². The lowest BCUT2D eigenvalue weighted by Gasteiger charge is -2.11. The average molecular weight is 340 g/mol. The number of ether oxygens (including phenoxy) is 1. The standard InChI is InChI=1S/C20H20O3S/c1-23-14-15-6-8-16(9-7-15)19-4-3-5-20(19)17-10-12-18(13-11-17)24(2,21)22/h4-13H,3,14H2,1-2H3. The second kappa shape index (κ2) is 6.75. The van der Waals surface area contributed by atoms with Crippen LogP contribution in [0.2, 0.25) is 0 Å². The summed E-state index contributed by atoms with van der Waals surface area (Å²) in [5, 5.41) is 0. The van der Waals surface area contributed by atoms with E-state index in [1.807, 2.05) is 12.1 Å². The number of hydrogen-bond donors (Lipinski definition) is 0. The normalized spacial score (nSPS) is 14.4. The largest absolute Gasteiger partial charge is 0.380 e. The van der Waals surface area contributed by atoms with Gasteiger partial charge in [-0.2, -0.15) is 0 Å². The molecule has 4 heteroatoms. The summed E-state index contributed by atoms with van der Waals surface area (Å²) in [4.78, 5) is 0.347. The lowest BCUT2D eigenvalue weighted by Crippen LogP contribution is -1.97. The van der Waals surface area contributed by atoms with Crippen LogP contribution in [0.5, 0.6) is 0 Å². The van der Waals surface area contributed by atoms with E-state index in [2.05, 4.69) is 36.4 Å². The molecule has 3 nitrogen and oxygen atoms in total. The highest BCUT2D eigenvalue weighted by molar-refractivity contribution is 7.90. The van der Waals surface area contributed by atoms with Crippen LogP contribution in [-0.2, 0) is 21.2 Å². The third-order valence-corrected chi connectivity index (χ3v) is 5.23. The first kappa shape index (κ1) is 16.7. The van der Waals surface area contributed by atoms with E-state index in [1.165, 1.54) is 11.8 Å². The van der Waals surface area contributed by atoms with Gasteiger partial charge in [-0.25, -0.2) is 8.42 Å². The SMILES string of the molecule is COCc1ccc(C2=CCC=C2c2ccc(S(C)(=O)=O)cc2)cc1. The third-order valence-electron chi connectivity index (χ3n) is 4.10. The Kier molecular flexibility index (Phi) is 4.69. The van der Waals surface area contributed by atoms with E-state index in [4.69, 9.17) is 4.74 Å². The number of benzene rings is 2. The Morgan fingerprint density at radius 3 is 1.83 bits per heavy atom. The van der Waals surface area contributed by atoms with Crippen LogP contribution in [0.1, 0.15) is 23.1 Å². The van der Waals surface area contributed by atoms with Gasteiger partial charge < -0.3 is 4.74 Å². The molecule has 1 aliphatic rings. The molecule has 0 fully saturated rings. The fourth-order valence-electron chi connectivity index (χ4n) is 2.89. The number of allylic oxidation sites excluding steroid dienone is 4. The molecule has 0 saturated heterocycles. The molecule has 0 saturated carbocycles. The van der Waals surface area contributed by atoms with Gasteiger partial charge in [0.2, 0.25) is 0 Å². The van der Waals surface area contributed by atoms with Crippen molar-refractivity contribution < 1.29 is 13.2 Å². The maximum atomic E-state index is 11.6. The zero-order valence-corrected chi connectivity index (χ0v) is 14.6. The summed E-state index contributed by atoms with van der Waals surface area (Å²) in [6.07, 6.45) is 6.49. The summed E-state index contributed by atoms with van der Waals surface area (Å²) in [6, 6.07) is 15.4. The van der Waals surface area contributed by atoms with Crippen molar-refractivity contribution >= 4 is 21.0 Å². The first-order chi connectivity index (χ1) is 11.5. The minimum Gasteiger partial charge on any atom is -0.380 e. The van der Waals surface area contributed by atoms with E-state index < -0.39 is 9.84 Å². The van der Waals surface area contributed by atoms with E-state index in [1.54, 1.807) is 19.2 Å². The molecular weight excluding hydrogens is 320 g/mol. The lowest BCUT2D eigenvalue weighted by atomic mass is 9.94. The van der Waals surface area contributed by atoms with Gasteiger partial charge in [-0.1, -0.05) is 48.6 Å². The molecule has 3 rings (SSSR count). The Hall–Kier alpha value is -2.17. The molecule has 24 heavy (non-hydrogen) atoms. The van der Waals surface area contributed by atoms with Crippen LogP contribution in [0.15, 0.2) is 65.6 Å². The second-order valence-corrected chi connectivity index (χ2v) is 7.91. The van der Waals surface area contributed by atoms with Crippen molar-refractivity contribution in [2.45, 2.75) is 17.9 Å². The lowest BCUT2D eigenvalue weighted by molar-refractivity contribution is 0.185. The molecule has 0 atom stereocenters. The van der Waals surface area contributed by atoms with Crippen molar-refractivity contribution in [3.8, 4) is 0 Å². The molecule has 0 aromatic heterocycles. The van der Waals surface area contributed by atoms with E-state index in [0.29, 0.717) is 11.5 Å². The van der Waals surface area contributed by atoms with Gasteiger partial charge in [0.25, 0.3) is 0 Å². The van der Waals surface area contributed by atoms with Gasteiger partial charge in [0, 0.05) is 13.4 Å². The zero-order chi connectivity index (χ0) is 17.2. The number of methoxy groups -OCH3 is 1. The van der Waals surface area contributed by atoms with Gasteiger partial charge in [0.1, 0.15) is 0 Å². The molecule has 2 aromatic rings. The van der Waals surface area contributed by atoms with Crippen molar-refractivity contribution in [1.82, 2.24) is 0 Å². The molecular formula is C20H20O3S. The summed E-state index contributed by atoms with van der Waals surface area (Å²) < 4.78 is 28.3. The van der Waals surface area contributed by atoms with Crippen LogP contribution < -0.4 is 0 Å². The van der Waals surface area contributed by atoms with Crippen LogP contribution in [0.4, 0.5) is 0 Å². The first-order valence-corrected chi connectivity index (χ1v) is 9.67. The molecule has 0 heterocycles. The highest BCUT2D eigenvalue weighted by atomic mass is 32.2. The Labute approximate surface area is 143 Å². The number of sulfone groups is 1. The highest BCUT2D eigenvalue weighted by Crippen LogP contribution is 2.36. The Morgan fingerprint density at radius 1 is 0.875 bits per heavy atom. The topological polar surface area (TPSA) is 43.4 Å². The number of hydrogen-bond acceptors (Lipinski definition) is 3. The fraction of sp³-hybridized carbons (Fsp3) is 0.200. The monoisotopic (exact) mass is 340 g/mol. The summed E-state index contributed by atoms with van der Waals surface area (Å²) in [5.74, 6) is 0. The predicted molar refractivity (Wildman–Crippen MR) is 97.3 cm³/mol. The van der Waals surface area contributed by atoms with E-state index in [0.717, 1.165) is 28.7 Å². The first-order valence-electron chi connectivity index (χ1n) is 7.78. The van der Waals surface area contributed by atoms with Crippen LogP contribution in [0.3, 0.4) is 0 Å². The Morgan fingerprint density at radius 2 is 1.38 bits per heavy atom. The van der Waals surface area contributed by atoms with Gasteiger partial charge in [-0.15, -0.1) is 0 Å².